The molecule has 3 aromatic rings. The summed E-state index contributed by atoms with van der Waals surface area (Å²) in [6, 6.07) is 3.67. The van der Waals surface area contributed by atoms with Crippen LogP contribution in [0.2, 0.25) is 66.5 Å². The van der Waals surface area contributed by atoms with Crippen molar-refractivity contribution in [3.63, 3.8) is 0 Å². The van der Waals surface area contributed by atoms with Crippen LogP contribution in [0.4, 0.5) is 0 Å². The molecule has 6 N–H and O–H groups in total. The second-order valence-corrected chi connectivity index (χ2v) is 62.1. The number of hydrogen-bond donors (Lipinski definition) is 6. The van der Waals surface area contributed by atoms with Gasteiger partial charge >= 0.3 is 68.4 Å². The second kappa shape index (κ2) is 34.2. The Kier molecular flexibility index (Phi) is 28.5. The van der Waals surface area contributed by atoms with Crippen molar-refractivity contribution in [3.05, 3.63) is 99.3 Å². The zero-order valence-corrected chi connectivity index (χ0v) is 74.8. The molecule has 7 fully saturated rings. The highest BCUT2D eigenvalue weighted by atomic mass is 32.2. The van der Waals surface area contributed by atoms with Gasteiger partial charge in [0.2, 0.25) is 0 Å². The molecule has 0 bridgehead atoms. The smallest absolute Gasteiger partial charge is 0.335 e. The van der Waals surface area contributed by atoms with Crippen molar-refractivity contribution in [2.45, 2.75) is 324 Å². The van der Waals surface area contributed by atoms with Gasteiger partial charge in [0.1, 0.15) is 53.4 Å². The van der Waals surface area contributed by atoms with Crippen molar-refractivity contribution in [1.29, 1.82) is 0 Å². The van der Waals surface area contributed by atoms with Gasteiger partial charge in [-0.05, 0) is 66.5 Å². The lowest BCUT2D eigenvalue weighted by molar-refractivity contribution is -0.226. The topological polar surface area (TPSA) is 389 Å². The number of fused-ring (bicyclic) bond motifs is 4. The van der Waals surface area contributed by atoms with E-state index in [4.69, 9.17) is 62.0 Å². The summed E-state index contributed by atoms with van der Waals surface area (Å²) in [7, 11) is -21.3. The standard InChI is InChI=1S/C24H44N2O10SSi2.C23H42N2O8Si2.C23H40N2O7Si2/c1-15(2)38(16(3)4)33-14-19-21(35-39(36-38,17(5)6)18(7)8)24(29,11-13-32-37(9,30)31)22(34-19)26-12-10-20(27)25-23(26)28;1-14(2)34(15(3)4)30-13-18-20(32-35(33-34,16(5)6)17(7)8)23(29,10-12-26)21(31-18)25-11-9-19(27)24-22(25)28;1-14(2)33(15(3)4)29-13-18-20(31-34(32-33,16(5)6)17(7)8)23(10-12-28-23)21(30-18)25-11-9-19(26)24-22(25)27/h10,12,15-19,21-22,29H,11,13-14H2,1-9H3,(H,25,27,28);9,11,14-18,20-21,26,29H,10,12-13H2,1-8H3,(H,24,27,28);9,11,14-18,20-21H,10,12-13H2,1-8H3,(H,24,26,27)/t19?,21-,22?,24-;2*18?,20-,21?,23-/m111/s1. The number of hydrogen-bond acceptors (Lipinski definition) is 25. The molecule has 0 aliphatic carbocycles. The van der Waals surface area contributed by atoms with E-state index in [0.717, 1.165) is 21.5 Å². The number of nitrogens with one attached hydrogen (secondary N) is 3. The molecule has 0 saturated carbocycles. The number of H-pyrrole nitrogens is 3. The highest BCUT2D eigenvalue weighted by Crippen LogP contribution is 2.57. The van der Waals surface area contributed by atoms with Crippen LogP contribution in [0.3, 0.4) is 0 Å². The van der Waals surface area contributed by atoms with E-state index < -0.39 is 167 Å². The molecular weight excluding hydrogens is 1530 g/mol. The molecule has 1 spiro atoms. The number of aromatic nitrogens is 6. The Labute approximate surface area is 641 Å². The van der Waals surface area contributed by atoms with Gasteiger partial charge in [-0.3, -0.25) is 47.2 Å². The first-order valence-corrected chi connectivity index (χ1v) is 52.2. The molecule has 10 rings (SSSR count). The van der Waals surface area contributed by atoms with E-state index in [9.17, 15) is 52.5 Å². The molecule has 31 nitrogen and oxygen atoms in total. The van der Waals surface area contributed by atoms with Gasteiger partial charge in [-0.15, -0.1) is 0 Å². The van der Waals surface area contributed by atoms with Gasteiger partial charge in [-0.25, -0.2) is 14.4 Å². The molecule has 7 aliphatic heterocycles. The average Bonchev–Trinajstić information content (AvgIpc) is 1.52. The van der Waals surface area contributed by atoms with Crippen molar-refractivity contribution in [2.24, 2.45) is 0 Å². The maximum atomic E-state index is 12.8. The van der Waals surface area contributed by atoms with Gasteiger partial charge in [0.05, 0.1) is 39.3 Å². The first-order valence-electron chi connectivity index (χ1n) is 38.5. The van der Waals surface area contributed by atoms with Crippen LogP contribution in [0.25, 0.3) is 0 Å². The number of ether oxygens (including phenoxy) is 4. The van der Waals surface area contributed by atoms with E-state index in [1.165, 1.54) is 35.3 Å². The molecule has 38 heteroatoms. The normalized spacial score (nSPS) is 30.8. The van der Waals surface area contributed by atoms with Crippen LogP contribution < -0.4 is 33.7 Å². The molecule has 7 saturated heterocycles. The summed E-state index contributed by atoms with van der Waals surface area (Å²) < 4.78 is 120. The maximum absolute atomic E-state index is 12.8. The van der Waals surface area contributed by atoms with E-state index in [0.29, 0.717) is 19.6 Å². The molecule has 0 radical (unpaired) electrons. The fraction of sp³-hybridized carbons (Fsp3) is 0.829. The minimum absolute atomic E-state index is 0.0301. The van der Waals surface area contributed by atoms with Crippen molar-refractivity contribution >= 4 is 61.5 Å². The van der Waals surface area contributed by atoms with Crippen LogP contribution >= 0.6 is 0 Å². The lowest BCUT2D eigenvalue weighted by Crippen LogP contribution is -2.68. The van der Waals surface area contributed by atoms with Gasteiger partial charge in [-0.2, -0.15) is 8.42 Å². The fourth-order valence-electron chi connectivity index (χ4n) is 17.3. The number of nitrogens with zero attached hydrogens (tertiary/aromatic N) is 3. The number of aromatic amines is 3. The predicted molar refractivity (Wildman–Crippen MR) is 417 cm³/mol. The van der Waals surface area contributed by atoms with E-state index in [-0.39, 0.29) is 106 Å². The van der Waals surface area contributed by atoms with Crippen LogP contribution in [-0.2, 0) is 72.2 Å². The second-order valence-electron chi connectivity index (χ2n) is 34.0. The average molecular weight is 1650 g/mol. The summed E-state index contributed by atoms with van der Waals surface area (Å²) in [5.74, 6) is 0. The minimum atomic E-state index is -3.81. The van der Waals surface area contributed by atoms with Crippen molar-refractivity contribution in [1.82, 2.24) is 28.7 Å². The quantitative estimate of drug-likeness (QED) is 0.0429. The fourth-order valence-corrected chi connectivity index (χ4v) is 51.4. The monoisotopic (exact) mass is 1650 g/mol. The van der Waals surface area contributed by atoms with Gasteiger partial charge < -0.3 is 73.2 Å². The Morgan fingerprint density at radius 2 is 0.713 bits per heavy atom. The summed E-state index contributed by atoms with van der Waals surface area (Å²) >= 11 is 0. The van der Waals surface area contributed by atoms with Crippen LogP contribution in [0.5, 0.6) is 0 Å². The number of rotatable bonds is 21. The maximum Gasteiger partial charge on any atom is 0.335 e. The Bertz CT molecular complexity index is 3980. The van der Waals surface area contributed by atoms with E-state index in [1.807, 2.05) is 27.7 Å². The molecule has 12 atom stereocenters. The predicted octanol–water partition coefficient (Wildman–Crippen LogP) is 8.54. The number of aliphatic hydroxyl groups excluding tert-OH is 1. The highest BCUT2D eigenvalue weighted by molar-refractivity contribution is 7.86. The van der Waals surface area contributed by atoms with Gasteiger partial charge in [0.15, 0.2) is 18.7 Å². The van der Waals surface area contributed by atoms with Crippen molar-refractivity contribution < 1.29 is 85.8 Å². The largest absolute Gasteiger partial charge is 0.414 e. The zero-order valence-electron chi connectivity index (χ0n) is 68.0. The van der Waals surface area contributed by atoms with E-state index in [1.54, 1.807) is 0 Å². The first-order chi connectivity index (χ1) is 50.0. The zero-order chi connectivity index (χ0) is 80.9. The summed E-state index contributed by atoms with van der Waals surface area (Å²) in [4.78, 5) is 80.0. The van der Waals surface area contributed by atoms with Crippen LogP contribution in [0.1, 0.15) is 204 Å². The molecule has 10 heterocycles. The first kappa shape index (κ1) is 90.2. The summed E-state index contributed by atoms with van der Waals surface area (Å²) in [6.45, 7) is 51.0. The lowest BCUT2D eigenvalue weighted by atomic mass is 9.86. The Balaban J connectivity index is 0.000000205. The Hall–Kier alpha value is -3.39. The molecule has 616 valence electrons. The summed E-state index contributed by atoms with van der Waals surface area (Å²) in [5, 5.41) is 34.2. The van der Waals surface area contributed by atoms with Crippen LogP contribution in [0, 0.1) is 0 Å². The number of aliphatic hydroxyl groups is 3. The van der Waals surface area contributed by atoms with Crippen molar-refractivity contribution in [3.8, 4) is 0 Å². The third-order valence-corrected chi connectivity index (χ3v) is 54.4. The molecular formula is C70H126N6O25SSi6. The van der Waals surface area contributed by atoms with Gasteiger partial charge in [-0.1, -0.05) is 166 Å². The Morgan fingerprint density at radius 3 is 0.972 bits per heavy atom. The van der Waals surface area contributed by atoms with Crippen LogP contribution in [-0.4, -0.2) is 203 Å². The molecule has 6 unspecified atom stereocenters. The molecule has 0 amide bonds. The highest BCUT2D eigenvalue weighted by Gasteiger charge is 2.71. The summed E-state index contributed by atoms with van der Waals surface area (Å²) in [5.41, 5.74) is -6.92. The lowest BCUT2D eigenvalue weighted by Gasteiger charge is -2.54. The van der Waals surface area contributed by atoms with Crippen LogP contribution in [0.15, 0.2) is 65.6 Å². The Morgan fingerprint density at radius 1 is 0.444 bits per heavy atom. The van der Waals surface area contributed by atoms with E-state index in [2.05, 4.69) is 153 Å². The molecule has 3 aromatic heterocycles. The van der Waals surface area contributed by atoms with Gasteiger partial charge in [0.25, 0.3) is 26.8 Å². The van der Waals surface area contributed by atoms with E-state index >= 15 is 0 Å². The third kappa shape index (κ3) is 16.9. The summed E-state index contributed by atoms with van der Waals surface area (Å²) in [6.07, 6.45) is -2.25. The third-order valence-electron chi connectivity index (χ3n) is 23.1. The minimum Gasteiger partial charge on any atom is -0.414 e. The molecule has 0 aromatic carbocycles. The molecule has 7 aliphatic rings. The SMILES string of the molecule is CC(C)[Si]1(C(C)C)OCC2OC(n3ccc(=O)[nH]c3=O)[C@@](O)(CCO)[C@@H]2O[Si](C(C)C)(C(C)C)O1.CC(C)[Si]1(C(C)C)OCC2OC(n3ccc(=O)[nH]c3=O)[C@@](O)(CCOS(C)(=O)=O)[C@@H]2O[Si](C(C)C)(C(C)C)O1.CC(C)[Si]1(C(C)C)OCC2OC(n3ccc(=O)[nH]c3=O)[C@@]3(CCO3)[C@@H]2O[Si](C(C)C)(C(C)C)O1. The van der Waals surface area contributed by atoms with Crippen molar-refractivity contribution in [2.75, 3.05) is 45.9 Å². The molecule has 108 heavy (non-hydrogen) atoms. The van der Waals surface area contributed by atoms with Gasteiger partial charge in [0, 0.05) is 62.7 Å².